The van der Waals surface area contributed by atoms with E-state index in [2.05, 4.69) is 11.1 Å². The van der Waals surface area contributed by atoms with Gasteiger partial charge in [-0.15, -0.1) is 0 Å². The zero-order valence-electron chi connectivity index (χ0n) is 14.0. The molecule has 0 unspecified atom stereocenters. The highest BCUT2D eigenvalue weighted by Crippen LogP contribution is 2.49. The summed E-state index contributed by atoms with van der Waals surface area (Å²) in [5, 5.41) is 9.23. The van der Waals surface area contributed by atoms with Gasteiger partial charge in [-0.1, -0.05) is 6.92 Å². The Morgan fingerprint density at radius 3 is 2.76 bits per heavy atom. The summed E-state index contributed by atoms with van der Waals surface area (Å²) in [5.74, 6) is -2.24. The van der Waals surface area contributed by atoms with E-state index in [-0.39, 0.29) is 43.7 Å². The summed E-state index contributed by atoms with van der Waals surface area (Å²) in [6.07, 6.45) is 3.48. The van der Waals surface area contributed by atoms with Gasteiger partial charge in [-0.2, -0.15) is 5.26 Å². The summed E-state index contributed by atoms with van der Waals surface area (Å²) < 4.78 is 32.9. The SMILES string of the molecule is CC1(C(=O)N2C[C@@H]3C[C@H]2c2cncc(C#N)c2O3)CCC(F)(F)CC1. The van der Waals surface area contributed by atoms with Gasteiger partial charge in [0, 0.05) is 42.6 Å². The molecular formula is C18H19F2N3O2. The van der Waals surface area contributed by atoms with Gasteiger partial charge in [0.1, 0.15) is 23.5 Å². The van der Waals surface area contributed by atoms with E-state index in [1.807, 2.05) is 0 Å². The van der Waals surface area contributed by atoms with Crippen molar-refractivity contribution in [2.24, 2.45) is 5.41 Å². The summed E-state index contributed by atoms with van der Waals surface area (Å²) in [6.45, 7) is 2.22. The Labute approximate surface area is 144 Å². The average molecular weight is 347 g/mol. The Hall–Kier alpha value is -2.23. The Bertz CT molecular complexity index is 764. The van der Waals surface area contributed by atoms with Gasteiger partial charge < -0.3 is 9.64 Å². The molecule has 4 rings (SSSR count). The smallest absolute Gasteiger partial charge is 0.248 e. The predicted molar refractivity (Wildman–Crippen MR) is 84.0 cm³/mol. The van der Waals surface area contributed by atoms with Crippen LogP contribution in [0.15, 0.2) is 12.4 Å². The van der Waals surface area contributed by atoms with E-state index in [9.17, 15) is 18.8 Å². The fraction of sp³-hybridized carbons (Fsp3) is 0.611. The number of hydrogen-bond donors (Lipinski definition) is 0. The molecule has 1 aliphatic carbocycles. The van der Waals surface area contributed by atoms with E-state index >= 15 is 0 Å². The number of fused-ring (bicyclic) bond motifs is 4. The number of halogens is 2. The molecule has 2 fully saturated rings. The molecule has 0 spiro atoms. The molecule has 5 nitrogen and oxygen atoms in total. The molecule has 132 valence electrons. The van der Waals surface area contributed by atoms with Crippen molar-refractivity contribution in [2.45, 2.75) is 57.1 Å². The first kappa shape index (κ1) is 16.2. The number of nitrogens with zero attached hydrogens (tertiary/aromatic N) is 3. The molecule has 7 heteroatoms. The lowest BCUT2D eigenvalue weighted by atomic mass is 9.73. The van der Waals surface area contributed by atoms with Gasteiger partial charge in [-0.25, -0.2) is 8.78 Å². The van der Waals surface area contributed by atoms with E-state index < -0.39 is 11.3 Å². The largest absolute Gasteiger partial charge is 0.487 e. The summed E-state index contributed by atoms with van der Waals surface area (Å²) >= 11 is 0. The normalized spacial score (nSPS) is 28.6. The van der Waals surface area contributed by atoms with Crippen LogP contribution in [0, 0.1) is 16.7 Å². The molecule has 25 heavy (non-hydrogen) atoms. The number of rotatable bonds is 1. The maximum absolute atomic E-state index is 13.5. The molecule has 2 bridgehead atoms. The first-order chi connectivity index (χ1) is 11.8. The van der Waals surface area contributed by atoms with Crippen molar-refractivity contribution in [1.29, 1.82) is 5.26 Å². The molecular weight excluding hydrogens is 328 g/mol. The van der Waals surface area contributed by atoms with E-state index in [0.29, 0.717) is 24.3 Å². The molecule has 1 saturated carbocycles. The Morgan fingerprint density at radius 2 is 2.08 bits per heavy atom. The second kappa shape index (κ2) is 5.38. The fourth-order valence-electron chi connectivity index (χ4n) is 4.21. The average Bonchev–Trinajstić information content (AvgIpc) is 2.94. The van der Waals surface area contributed by atoms with Gasteiger partial charge in [-0.3, -0.25) is 9.78 Å². The van der Waals surface area contributed by atoms with Gasteiger partial charge >= 0.3 is 0 Å². The van der Waals surface area contributed by atoms with Crippen LogP contribution in [0.2, 0.25) is 0 Å². The van der Waals surface area contributed by atoms with E-state index in [4.69, 9.17) is 4.74 Å². The molecule has 1 aromatic rings. The number of carbonyl (C=O) groups excluding carboxylic acids is 1. The topological polar surface area (TPSA) is 66.2 Å². The lowest BCUT2D eigenvalue weighted by Gasteiger charge is -2.39. The highest BCUT2D eigenvalue weighted by Gasteiger charge is 2.51. The second-order valence-electron chi connectivity index (χ2n) is 7.58. The van der Waals surface area contributed by atoms with Gasteiger partial charge in [0.2, 0.25) is 11.8 Å². The molecule has 0 aromatic carbocycles. The van der Waals surface area contributed by atoms with E-state index in [0.717, 1.165) is 5.56 Å². The molecule has 3 aliphatic rings. The Balaban J connectivity index is 1.62. The number of aromatic nitrogens is 1. The standard InChI is InChI=1S/C18H19F2N3O2/c1-17(2-4-18(19,20)5-3-17)16(24)23-10-12-6-14(23)13-9-22-8-11(7-21)15(13)25-12/h8-9,12,14H,2-6,10H2,1H3/t12-,14-/m0/s1. The van der Waals surface area contributed by atoms with Crippen LogP contribution in [0.1, 0.15) is 56.2 Å². The van der Waals surface area contributed by atoms with E-state index in [1.54, 1.807) is 18.0 Å². The lowest BCUT2D eigenvalue weighted by Crippen LogP contribution is -2.45. The van der Waals surface area contributed by atoms with Crippen molar-refractivity contribution in [1.82, 2.24) is 9.88 Å². The van der Waals surface area contributed by atoms with Crippen molar-refractivity contribution < 1.29 is 18.3 Å². The van der Waals surface area contributed by atoms with Crippen molar-refractivity contribution >= 4 is 5.91 Å². The Morgan fingerprint density at radius 1 is 1.36 bits per heavy atom. The molecule has 3 heterocycles. The monoisotopic (exact) mass is 347 g/mol. The molecule has 1 saturated heterocycles. The fourth-order valence-corrected chi connectivity index (χ4v) is 4.21. The van der Waals surface area contributed by atoms with Gasteiger partial charge in [-0.05, 0) is 12.8 Å². The molecule has 0 N–H and O–H groups in total. The van der Waals surface area contributed by atoms with Gasteiger partial charge in [0.05, 0.1) is 12.6 Å². The number of carbonyl (C=O) groups is 1. The molecule has 2 atom stereocenters. The van der Waals surface area contributed by atoms with Crippen LogP contribution < -0.4 is 4.74 Å². The molecule has 2 aliphatic heterocycles. The van der Waals surface area contributed by atoms with Crippen molar-refractivity contribution in [2.75, 3.05) is 6.54 Å². The maximum atomic E-state index is 13.5. The van der Waals surface area contributed by atoms with Crippen molar-refractivity contribution in [3.63, 3.8) is 0 Å². The quantitative estimate of drug-likeness (QED) is 0.782. The van der Waals surface area contributed by atoms with Crippen molar-refractivity contribution in [3.8, 4) is 11.8 Å². The number of pyridine rings is 1. The molecule has 1 aromatic heterocycles. The van der Waals surface area contributed by atoms with Crippen LogP contribution in [0.5, 0.6) is 5.75 Å². The zero-order valence-corrected chi connectivity index (χ0v) is 14.0. The third-order valence-electron chi connectivity index (χ3n) is 5.81. The molecule has 0 radical (unpaired) electrons. The second-order valence-corrected chi connectivity index (χ2v) is 7.58. The number of ether oxygens (including phenoxy) is 1. The number of amides is 1. The van der Waals surface area contributed by atoms with Crippen molar-refractivity contribution in [3.05, 3.63) is 23.5 Å². The zero-order chi connectivity index (χ0) is 17.8. The summed E-state index contributed by atoms with van der Waals surface area (Å²) in [5.41, 5.74) is 0.343. The third-order valence-corrected chi connectivity index (χ3v) is 5.81. The lowest BCUT2D eigenvalue weighted by molar-refractivity contribution is -0.149. The van der Waals surface area contributed by atoms with Crippen LogP contribution in [0.25, 0.3) is 0 Å². The number of nitriles is 1. The summed E-state index contributed by atoms with van der Waals surface area (Å²) in [4.78, 5) is 19.0. The van der Waals surface area contributed by atoms with E-state index in [1.165, 1.54) is 6.20 Å². The van der Waals surface area contributed by atoms with Crippen LogP contribution in [-0.2, 0) is 4.79 Å². The van der Waals surface area contributed by atoms with Gasteiger partial charge in [0.15, 0.2) is 0 Å². The van der Waals surface area contributed by atoms with Crippen LogP contribution in [-0.4, -0.2) is 34.4 Å². The summed E-state index contributed by atoms with van der Waals surface area (Å²) in [7, 11) is 0. The van der Waals surface area contributed by atoms with Crippen LogP contribution >= 0.6 is 0 Å². The minimum Gasteiger partial charge on any atom is -0.487 e. The first-order valence-electron chi connectivity index (χ1n) is 8.56. The number of alkyl halides is 2. The van der Waals surface area contributed by atoms with Crippen LogP contribution in [0.4, 0.5) is 8.78 Å². The van der Waals surface area contributed by atoms with Crippen LogP contribution in [0.3, 0.4) is 0 Å². The first-order valence-corrected chi connectivity index (χ1v) is 8.56. The third kappa shape index (κ3) is 2.55. The number of likely N-dealkylation sites (tertiary alicyclic amines) is 1. The highest BCUT2D eigenvalue weighted by molar-refractivity contribution is 5.83. The Kier molecular flexibility index (Phi) is 3.50. The van der Waals surface area contributed by atoms with Gasteiger partial charge in [0.25, 0.3) is 0 Å². The number of hydrogen-bond acceptors (Lipinski definition) is 4. The minimum atomic E-state index is -2.66. The highest BCUT2D eigenvalue weighted by atomic mass is 19.3. The predicted octanol–water partition coefficient (Wildman–Crippen LogP) is 3.20. The molecule has 1 amide bonds. The minimum absolute atomic E-state index is 0.0886. The maximum Gasteiger partial charge on any atom is 0.248 e. The summed E-state index contributed by atoms with van der Waals surface area (Å²) in [6, 6.07) is 1.88.